The number of rotatable bonds is 8. The van der Waals surface area contributed by atoms with Crippen molar-refractivity contribution in [1.82, 2.24) is 14.5 Å². The van der Waals surface area contributed by atoms with Crippen molar-refractivity contribution < 1.29 is 27.8 Å². The van der Waals surface area contributed by atoms with Crippen LogP contribution in [0.25, 0.3) is 22.2 Å². The molecule has 3 heterocycles. The number of carbonyl (C=O) groups excluding carboxylic acids is 1. The zero-order chi connectivity index (χ0) is 28.4. The topological polar surface area (TPSA) is 92.5 Å². The van der Waals surface area contributed by atoms with Gasteiger partial charge >= 0.3 is 0 Å². The largest absolute Gasteiger partial charge is 0.491 e. The van der Waals surface area contributed by atoms with Crippen molar-refractivity contribution in [3.05, 3.63) is 106 Å². The van der Waals surface area contributed by atoms with Gasteiger partial charge in [0.05, 0.1) is 25.3 Å². The summed E-state index contributed by atoms with van der Waals surface area (Å²) in [5, 5.41) is 0. The van der Waals surface area contributed by atoms with Crippen LogP contribution < -0.4 is 19.6 Å². The van der Waals surface area contributed by atoms with E-state index in [-0.39, 0.29) is 34.9 Å². The summed E-state index contributed by atoms with van der Waals surface area (Å²) < 4.78 is 46.7. The van der Waals surface area contributed by atoms with Crippen LogP contribution in [0.5, 0.6) is 23.1 Å². The summed E-state index contributed by atoms with van der Waals surface area (Å²) in [7, 11) is 4.58. The first-order valence-electron chi connectivity index (χ1n) is 12.1. The third-order valence-corrected chi connectivity index (χ3v) is 6.19. The lowest BCUT2D eigenvalue weighted by Crippen LogP contribution is -2.20. The highest BCUT2D eigenvalue weighted by atomic mass is 19.1. The Morgan fingerprint density at radius 1 is 0.950 bits per heavy atom. The van der Waals surface area contributed by atoms with Gasteiger partial charge in [-0.1, -0.05) is 18.2 Å². The molecule has 0 aliphatic rings. The van der Waals surface area contributed by atoms with Crippen molar-refractivity contribution in [3.8, 4) is 34.3 Å². The van der Waals surface area contributed by atoms with Crippen LogP contribution in [0.4, 0.5) is 8.78 Å². The summed E-state index contributed by atoms with van der Waals surface area (Å²) in [6.07, 6.45) is 4.21. The minimum absolute atomic E-state index is 0.0799. The van der Waals surface area contributed by atoms with Gasteiger partial charge in [0.25, 0.3) is 5.88 Å². The number of fused-ring (bicyclic) bond motifs is 1. The molecule has 5 aromatic rings. The Morgan fingerprint density at radius 3 is 2.50 bits per heavy atom. The number of nitrogens with zero attached hydrogens (tertiary/aromatic N) is 3. The minimum atomic E-state index is -0.711. The van der Waals surface area contributed by atoms with Crippen LogP contribution in [0.3, 0.4) is 0 Å². The lowest BCUT2D eigenvalue weighted by atomic mass is 9.99. The molecule has 5 rings (SSSR count). The van der Waals surface area contributed by atoms with Crippen LogP contribution in [-0.4, -0.2) is 34.5 Å². The van der Waals surface area contributed by atoms with E-state index in [0.717, 1.165) is 0 Å². The Hall–Kier alpha value is -5.12. The van der Waals surface area contributed by atoms with E-state index in [4.69, 9.17) is 14.2 Å². The van der Waals surface area contributed by atoms with E-state index >= 15 is 4.39 Å². The van der Waals surface area contributed by atoms with E-state index in [0.29, 0.717) is 27.9 Å². The SMILES string of the molecule is COc1cc2nccc(Oc3ccc(CC(=O)c4cn(C)cc(-c5cccc(F)c5)c4=O)cc3F)c2nc1OC. The number of pyridine rings is 3. The van der Waals surface area contributed by atoms with E-state index in [9.17, 15) is 14.0 Å². The number of methoxy groups -OCH3 is 2. The number of halogens is 2. The quantitative estimate of drug-likeness (QED) is 0.238. The third kappa shape index (κ3) is 5.24. The summed E-state index contributed by atoms with van der Waals surface area (Å²) in [4.78, 5) is 34.8. The number of ketones is 1. The van der Waals surface area contributed by atoms with Crippen LogP contribution >= 0.6 is 0 Å². The molecular weight excluding hydrogens is 520 g/mol. The van der Waals surface area contributed by atoms with Crippen LogP contribution in [0.15, 0.2) is 78.0 Å². The van der Waals surface area contributed by atoms with Gasteiger partial charge in [0, 0.05) is 49.8 Å². The van der Waals surface area contributed by atoms with Crippen LogP contribution in [-0.2, 0) is 13.5 Å². The first kappa shape index (κ1) is 26.5. The Bertz CT molecular complexity index is 1820. The zero-order valence-corrected chi connectivity index (χ0v) is 21.8. The predicted molar refractivity (Wildman–Crippen MR) is 144 cm³/mol. The van der Waals surface area contributed by atoms with E-state index < -0.39 is 22.8 Å². The molecule has 0 radical (unpaired) electrons. The predicted octanol–water partition coefficient (Wildman–Crippen LogP) is 5.51. The Labute approximate surface area is 227 Å². The van der Waals surface area contributed by atoms with Crippen molar-refractivity contribution in [2.75, 3.05) is 14.2 Å². The van der Waals surface area contributed by atoms with Gasteiger partial charge in [0.1, 0.15) is 11.3 Å². The molecule has 0 fully saturated rings. The molecule has 10 heteroatoms. The zero-order valence-electron chi connectivity index (χ0n) is 21.8. The van der Waals surface area contributed by atoms with Gasteiger partial charge < -0.3 is 18.8 Å². The van der Waals surface area contributed by atoms with Gasteiger partial charge in [0.2, 0.25) is 0 Å². The first-order chi connectivity index (χ1) is 19.3. The number of ether oxygens (including phenoxy) is 3. The van der Waals surface area contributed by atoms with Crippen LogP contribution in [0.2, 0.25) is 0 Å². The fourth-order valence-electron chi connectivity index (χ4n) is 4.29. The normalized spacial score (nSPS) is 10.9. The highest BCUT2D eigenvalue weighted by molar-refractivity contribution is 5.98. The summed E-state index contributed by atoms with van der Waals surface area (Å²) in [6, 6.07) is 12.9. The molecular formula is C30H23F2N3O5. The molecule has 0 saturated heterocycles. The van der Waals surface area contributed by atoms with Crippen molar-refractivity contribution in [2.45, 2.75) is 6.42 Å². The van der Waals surface area contributed by atoms with E-state index in [1.807, 2.05) is 0 Å². The fourth-order valence-corrected chi connectivity index (χ4v) is 4.29. The van der Waals surface area contributed by atoms with E-state index in [2.05, 4.69) is 9.97 Å². The number of aryl methyl sites for hydroxylation is 1. The molecule has 40 heavy (non-hydrogen) atoms. The molecule has 202 valence electrons. The van der Waals surface area contributed by atoms with Gasteiger partial charge in [0.15, 0.2) is 34.3 Å². The standard InChI is InChI=1S/C30H23F2N3O5/c1-35-15-20(18-5-4-6-19(31)13-18)29(37)21(16-35)24(36)12-17-7-8-25(22(32)11-17)40-26-9-10-33-23-14-27(38-2)30(39-3)34-28(23)26/h4-11,13-16H,12H2,1-3H3. The maximum Gasteiger partial charge on any atom is 0.257 e. The Morgan fingerprint density at radius 2 is 1.77 bits per heavy atom. The smallest absolute Gasteiger partial charge is 0.257 e. The highest BCUT2D eigenvalue weighted by Crippen LogP contribution is 2.34. The number of aromatic nitrogens is 3. The molecule has 8 nitrogen and oxygen atoms in total. The Kier molecular flexibility index (Phi) is 7.24. The third-order valence-electron chi connectivity index (χ3n) is 6.19. The van der Waals surface area contributed by atoms with Gasteiger partial charge in [-0.3, -0.25) is 14.6 Å². The monoisotopic (exact) mass is 543 g/mol. The number of benzene rings is 2. The summed E-state index contributed by atoms with van der Waals surface area (Å²) >= 11 is 0. The number of hydrogen-bond donors (Lipinski definition) is 0. The fraction of sp³-hybridized carbons (Fsp3) is 0.133. The number of hydrogen-bond acceptors (Lipinski definition) is 7. The molecule has 3 aromatic heterocycles. The van der Waals surface area contributed by atoms with Crippen molar-refractivity contribution in [2.24, 2.45) is 7.05 Å². The average Bonchev–Trinajstić information content (AvgIpc) is 2.94. The van der Waals surface area contributed by atoms with Crippen LogP contribution in [0, 0.1) is 11.6 Å². The maximum absolute atomic E-state index is 15.1. The molecule has 0 atom stereocenters. The second kappa shape index (κ2) is 10.9. The number of carbonyl (C=O) groups is 1. The van der Waals surface area contributed by atoms with E-state index in [1.165, 1.54) is 69.2 Å². The molecule has 0 amide bonds. The van der Waals surface area contributed by atoms with Gasteiger partial charge in [-0.2, -0.15) is 0 Å². The Balaban J connectivity index is 1.41. The van der Waals surface area contributed by atoms with Gasteiger partial charge in [-0.25, -0.2) is 13.8 Å². The molecule has 0 N–H and O–H groups in total. The van der Waals surface area contributed by atoms with E-state index in [1.54, 1.807) is 29.8 Å². The van der Waals surface area contributed by atoms with Crippen LogP contribution in [0.1, 0.15) is 15.9 Å². The second-order valence-electron chi connectivity index (χ2n) is 8.93. The summed E-state index contributed by atoms with van der Waals surface area (Å²) in [5.74, 6) is -0.959. The molecule has 0 bridgehead atoms. The summed E-state index contributed by atoms with van der Waals surface area (Å²) in [5.41, 5.74) is 1.08. The molecule has 0 aliphatic heterocycles. The molecule has 0 saturated carbocycles. The molecule has 2 aromatic carbocycles. The van der Waals surface area contributed by atoms with Gasteiger partial charge in [-0.05, 0) is 35.4 Å². The molecule has 0 unspecified atom stereocenters. The van der Waals surface area contributed by atoms with Crippen molar-refractivity contribution in [3.63, 3.8) is 0 Å². The second-order valence-corrected chi connectivity index (χ2v) is 8.93. The average molecular weight is 544 g/mol. The molecule has 0 aliphatic carbocycles. The highest BCUT2D eigenvalue weighted by Gasteiger charge is 2.18. The van der Waals surface area contributed by atoms with Gasteiger partial charge in [-0.15, -0.1) is 0 Å². The maximum atomic E-state index is 15.1. The number of Topliss-reactive ketones (excluding diaryl/α,β-unsaturated/α-hetero) is 1. The first-order valence-corrected chi connectivity index (χ1v) is 12.1. The van der Waals surface area contributed by atoms with Crippen molar-refractivity contribution >= 4 is 16.8 Å². The lowest BCUT2D eigenvalue weighted by Gasteiger charge is -2.12. The lowest BCUT2D eigenvalue weighted by molar-refractivity contribution is 0.0991. The van der Waals surface area contributed by atoms with Crippen molar-refractivity contribution in [1.29, 1.82) is 0 Å². The minimum Gasteiger partial charge on any atom is -0.491 e. The molecule has 0 spiro atoms. The summed E-state index contributed by atoms with van der Waals surface area (Å²) in [6.45, 7) is 0.